The average molecular weight is 414 g/mol. The van der Waals surface area contributed by atoms with E-state index < -0.39 is 0 Å². The summed E-state index contributed by atoms with van der Waals surface area (Å²) in [5.41, 5.74) is 1.39. The van der Waals surface area contributed by atoms with Gasteiger partial charge < -0.3 is 10.3 Å². The summed E-state index contributed by atoms with van der Waals surface area (Å²) in [7, 11) is 2.10. The van der Waals surface area contributed by atoms with E-state index in [4.69, 9.17) is 0 Å². The van der Waals surface area contributed by atoms with Crippen molar-refractivity contribution in [2.75, 3.05) is 7.05 Å². The highest BCUT2D eigenvalue weighted by Crippen LogP contribution is 2.22. The summed E-state index contributed by atoms with van der Waals surface area (Å²) in [4.78, 5) is 36.6. The van der Waals surface area contributed by atoms with Crippen molar-refractivity contribution in [1.29, 1.82) is 0 Å². The number of imidazole rings is 1. The predicted octanol–water partition coefficient (Wildman–Crippen LogP) is 3.09. The molecule has 29 heavy (non-hydrogen) atoms. The number of amides is 1. The molecular weight excluding hydrogens is 386 g/mol. The molecule has 0 atom stereocenters. The minimum absolute atomic E-state index is 0.130. The highest BCUT2D eigenvalue weighted by atomic mass is 32.1. The van der Waals surface area contributed by atoms with Crippen LogP contribution in [0.15, 0.2) is 29.3 Å². The fourth-order valence-electron chi connectivity index (χ4n) is 4.02. The predicted molar refractivity (Wildman–Crippen MR) is 114 cm³/mol. The van der Waals surface area contributed by atoms with E-state index in [2.05, 4.69) is 27.2 Å². The van der Waals surface area contributed by atoms with Gasteiger partial charge in [-0.25, -0.2) is 4.98 Å². The largest absolute Gasteiger partial charge is 0.346 e. The number of aryl methyl sites for hydroxylation is 1. The number of rotatable bonds is 6. The first-order valence-electron chi connectivity index (χ1n) is 10.1. The van der Waals surface area contributed by atoms with Crippen LogP contribution in [0.1, 0.15) is 58.7 Å². The zero-order valence-corrected chi connectivity index (χ0v) is 17.7. The molecule has 0 unspecified atom stereocenters. The molecule has 0 aliphatic heterocycles. The van der Waals surface area contributed by atoms with Gasteiger partial charge in [-0.1, -0.05) is 19.3 Å². The molecule has 3 aromatic heterocycles. The second-order valence-corrected chi connectivity index (χ2v) is 9.09. The van der Waals surface area contributed by atoms with Gasteiger partial charge in [0, 0.05) is 35.6 Å². The molecule has 1 aliphatic rings. The third-order valence-corrected chi connectivity index (χ3v) is 6.50. The first-order chi connectivity index (χ1) is 14.0. The van der Waals surface area contributed by atoms with E-state index in [9.17, 15) is 9.59 Å². The van der Waals surface area contributed by atoms with E-state index in [0.717, 1.165) is 16.3 Å². The smallest absolute Gasteiger partial charge is 0.261 e. The van der Waals surface area contributed by atoms with Crippen molar-refractivity contribution in [3.63, 3.8) is 0 Å². The molecular formula is C21H27N5O2S. The highest BCUT2D eigenvalue weighted by Gasteiger charge is 2.19. The number of H-pyrrole nitrogens is 1. The van der Waals surface area contributed by atoms with Gasteiger partial charge in [-0.2, -0.15) is 0 Å². The zero-order valence-electron chi connectivity index (χ0n) is 16.9. The van der Waals surface area contributed by atoms with Crippen LogP contribution in [0.5, 0.6) is 0 Å². The molecule has 0 spiro atoms. The third-order valence-electron chi connectivity index (χ3n) is 5.58. The Balaban J connectivity index is 1.36. The van der Waals surface area contributed by atoms with Gasteiger partial charge >= 0.3 is 0 Å². The Morgan fingerprint density at radius 2 is 2.10 bits per heavy atom. The maximum absolute atomic E-state index is 12.5. The first kappa shape index (κ1) is 19.8. The van der Waals surface area contributed by atoms with Crippen LogP contribution in [0, 0.1) is 6.92 Å². The number of aromatic nitrogens is 3. The van der Waals surface area contributed by atoms with Crippen LogP contribution >= 0.6 is 11.3 Å². The minimum Gasteiger partial charge on any atom is -0.346 e. The number of fused-ring (bicyclic) bond motifs is 1. The summed E-state index contributed by atoms with van der Waals surface area (Å²) in [5, 5.41) is 2.79. The number of hydrogen-bond donors (Lipinski definition) is 2. The Kier molecular flexibility index (Phi) is 5.82. The molecule has 8 heteroatoms. The lowest BCUT2D eigenvalue weighted by atomic mass is 9.94. The van der Waals surface area contributed by atoms with Gasteiger partial charge in [0.05, 0.1) is 12.2 Å². The van der Waals surface area contributed by atoms with E-state index in [1.807, 2.05) is 29.8 Å². The Hall–Kier alpha value is -2.45. The normalized spacial score (nSPS) is 15.3. The first-order valence-corrected chi connectivity index (χ1v) is 11.0. The standard InChI is InChI=1S/C21H27N5O2S/c1-14-11-26-13-16(24-21(26)29-14)10-22-19(27)18-9-8-15(23-20(18)28)12-25(2)17-6-4-3-5-7-17/h8-9,11,13,17H,3-7,10,12H2,1-2H3,(H,22,27)(H,23,28). The van der Waals surface area contributed by atoms with Crippen LogP contribution in [0.4, 0.5) is 0 Å². The number of carbonyl (C=O) groups is 1. The number of thiazole rings is 1. The van der Waals surface area contributed by atoms with Gasteiger partial charge in [-0.05, 0) is 38.9 Å². The van der Waals surface area contributed by atoms with Gasteiger partial charge in [0.2, 0.25) is 0 Å². The summed E-state index contributed by atoms with van der Waals surface area (Å²) in [6, 6.07) is 4.03. The molecule has 7 nitrogen and oxygen atoms in total. The molecule has 0 bridgehead atoms. The van der Waals surface area contributed by atoms with Crippen LogP contribution in [-0.4, -0.2) is 38.3 Å². The fourth-order valence-corrected chi connectivity index (χ4v) is 4.84. The second kappa shape index (κ2) is 8.51. The Morgan fingerprint density at radius 3 is 2.83 bits per heavy atom. The summed E-state index contributed by atoms with van der Waals surface area (Å²) in [5.74, 6) is -0.383. The third kappa shape index (κ3) is 4.59. The van der Waals surface area contributed by atoms with Gasteiger partial charge in [0.15, 0.2) is 4.96 Å². The topological polar surface area (TPSA) is 82.5 Å². The number of nitrogens with zero attached hydrogens (tertiary/aromatic N) is 3. The van der Waals surface area contributed by atoms with Crippen LogP contribution in [0.2, 0.25) is 0 Å². The number of carbonyl (C=O) groups excluding carboxylic acids is 1. The highest BCUT2D eigenvalue weighted by molar-refractivity contribution is 7.16. The average Bonchev–Trinajstić information content (AvgIpc) is 3.23. The van der Waals surface area contributed by atoms with E-state index >= 15 is 0 Å². The molecule has 2 N–H and O–H groups in total. The van der Waals surface area contributed by atoms with Crippen molar-refractivity contribution in [2.24, 2.45) is 0 Å². The molecule has 3 heterocycles. The lowest BCUT2D eigenvalue weighted by Crippen LogP contribution is -2.34. The van der Waals surface area contributed by atoms with Crippen LogP contribution in [0.3, 0.4) is 0 Å². The summed E-state index contributed by atoms with van der Waals surface area (Å²) >= 11 is 1.60. The monoisotopic (exact) mass is 413 g/mol. The van der Waals surface area contributed by atoms with Gasteiger partial charge in [0.25, 0.3) is 11.5 Å². The van der Waals surface area contributed by atoms with Crippen molar-refractivity contribution in [1.82, 2.24) is 24.6 Å². The van der Waals surface area contributed by atoms with E-state index in [1.54, 1.807) is 17.4 Å². The van der Waals surface area contributed by atoms with Crippen molar-refractivity contribution in [2.45, 2.75) is 58.2 Å². The molecule has 1 amide bonds. The SMILES string of the molecule is Cc1cn2cc(CNC(=O)c3ccc(CN(C)C4CCCCC4)[nH]c3=O)nc2s1. The van der Waals surface area contributed by atoms with Gasteiger partial charge in [0.1, 0.15) is 5.56 Å². The molecule has 1 fully saturated rings. The van der Waals surface area contributed by atoms with Crippen molar-refractivity contribution in [3.05, 3.63) is 56.7 Å². The minimum atomic E-state index is -0.383. The second-order valence-electron chi connectivity index (χ2n) is 7.88. The molecule has 1 saturated carbocycles. The molecule has 0 radical (unpaired) electrons. The lowest BCUT2D eigenvalue weighted by molar-refractivity contribution is 0.0949. The number of nitrogens with one attached hydrogen (secondary N) is 2. The number of hydrogen-bond acceptors (Lipinski definition) is 5. The summed E-state index contributed by atoms with van der Waals surface area (Å²) < 4.78 is 1.95. The van der Waals surface area contributed by atoms with E-state index in [0.29, 0.717) is 12.6 Å². The Bertz CT molecular complexity index is 1030. The van der Waals surface area contributed by atoms with Crippen LogP contribution < -0.4 is 10.9 Å². The van der Waals surface area contributed by atoms with E-state index in [1.165, 1.54) is 37.0 Å². The number of pyridine rings is 1. The molecule has 0 aromatic carbocycles. The Morgan fingerprint density at radius 1 is 1.31 bits per heavy atom. The van der Waals surface area contributed by atoms with E-state index in [-0.39, 0.29) is 23.6 Å². The van der Waals surface area contributed by atoms with Gasteiger partial charge in [-0.15, -0.1) is 11.3 Å². The van der Waals surface area contributed by atoms with Crippen LogP contribution in [-0.2, 0) is 13.1 Å². The fraction of sp³-hybridized carbons (Fsp3) is 0.476. The van der Waals surface area contributed by atoms with Gasteiger partial charge in [-0.3, -0.25) is 18.9 Å². The molecule has 0 saturated heterocycles. The maximum Gasteiger partial charge on any atom is 0.261 e. The van der Waals surface area contributed by atoms with Crippen molar-refractivity contribution >= 4 is 22.2 Å². The molecule has 154 valence electrons. The number of aromatic amines is 1. The molecule has 3 aromatic rings. The molecule has 1 aliphatic carbocycles. The molecule has 4 rings (SSSR count). The van der Waals surface area contributed by atoms with Crippen molar-refractivity contribution < 1.29 is 4.79 Å². The lowest BCUT2D eigenvalue weighted by Gasteiger charge is -2.31. The maximum atomic E-state index is 12.5. The quantitative estimate of drug-likeness (QED) is 0.651. The van der Waals surface area contributed by atoms with Crippen LogP contribution in [0.25, 0.3) is 4.96 Å². The summed E-state index contributed by atoms with van der Waals surface area (Å²) in [6.07, 6.45) is 10.2. The summed E-state index contributed by atoms with van der Waals surface area (Å²) in [6.45, 7) is 3.01. The Labute approximate surface area is 173 Å². The van der Waals surface area contributed by atoms with Crippen molar-refractivity contribution in [3.8, 4) is 0 Å². The zero-order chi connectivity index (χ0) is 20.4.